The van der Waals surface area contributed by atoms with Crippen LogP contribution < -0.4 is 0 Å². The first kappa shape index (κ1) is 27.0. The molecule has 0 aliphatic rings. The maximum absolute atomic E-state index is 6.81. The molecule has 2 aromatic rings. The van der Waals surface area contributed by atoms with Gasteiger partial charge in [-0.15, -0.1) is 0 Å². The fraction of sp³-hybridized carbons (Fsp3) is 0.200. The molecule has 0 aromatic heterocycles. The predicted octanol–water partition coefficient (Wildman–Crippen LogP) is 5.90. The molecule has 0 aliphatic heterocycles. The Labute approximate surface area is 165 Å². The normalized spacial score (nSPS) is 7.28. The molecule has 0 unspecified atom stereocenters. The van der Waals surface area contributed by atoms with Crippen LogP contribution in [0.5, 0.6) is 0 Å². The Balaban J connectivity index is -0.000000312. The molecule has 2 aromatic carbocycles. The summed E-state index contributed by atoms with van der Waals surface area (Å²) in [5, 5.41) is 12.5. The molecular formula is C20H18N4Pt. The Morgan fingerprint density at radius 2 is 0.920 bits per heavy atom. The van der Waals surface area contributed by atoms with E-state index in [1.807, 2.05) is 64.1 Å². The third kappa shape index (κ3) is 10.5. The predicted molar refractivity (Wildman–Crippen MR) is 94.3 cm³/mol. The van der Waals surface area contributed by atoms with E-state index in [1.165, 1.54) is 0 Å². The van der Waals surface area contributed by atoms with Crippen LogP contribution in [-0.2, 0) is 21.1 Å². The fourth-order valence-electron chi connectivity index (χ4n) is 1.68. The number of rotatable bonds is 0. The molecule has 0 heterocycles. The van der Waals surface area contributed by atoms with Gasteiger partial charge in [0.25, 0.3) is 0 Å². The van der Waals surface area contributed by atoms with Gasteiger partial charge in [-0.2, -0.15) is 0 Å². The van der Waals surface area contributed by atoms with E-state index >= 15 is 0 Å². The molecule has 2 rings (SSSR count). The largest absolute Gasteiger partial charge is 2.00 e. The smallest absolute Gasteiger partial charge is 0.512 e. The van der Waals surface area contributed by atoms with Gasteiger partial charge in [0, 0.05) is 0 Å². The summed E-state index contributed by atoms with van der Waals surface area (Å²) >= 11 is 0. The van der Waals surface area contributed by atoms with Crippen molar-refractivity contribution in [2.45, 2.75) is 27.7 Å². The van der Waals surface area contributed by atoms with E-state index in [4.69, 9.17) is 36.8 Å². The quantitative estimate of drug-likeness (QED) is 0.416. The van der Waals surface area contributed by atoms with Gasteiger partial charge in [0.1, 0.15) is 0 Å². The molecular weight excluding hydrogens is 491 g/mol. The molecule has 4 nitrogen and oxygen atoms in total. The van der Waals surface area contributed by atoms with Crippen LogP contribution in [-0.4, -0.2) is 0 Å². The third-order valence-electron chi connectivity index (χ3n) is 2.97. The van der Waals surface area contributed by atoms with Gasteiger partial charge in [-0.05, 0) is 38.8 Å². The summed E-state index contributed by atoms with van der Waals surface area (Å²) in [5.74, 6) is 0. The minimum atomic E-state index is 0. The third-order valence-corrected chi connectivity index (χ3v) is 2.97. The molecule has 0 fully saturated rings. The Hall–Kier alpha value is -2.91. The van der Waals surface area contributed by atoms with Crippen molar-refractivity contribution in [1.82, 2.24) is 0 Å². The van der Waals surface area contributed by atoms with E-state index in [9.17, 15) is 0 Å². The second kappa shape index (κ2) is 16.0. The Kier molecular flexibility index (Phi) is 17.2. The maximum Gasteiger partial charge on any atom is 2.00 e. The van der Waals surface area contributed by atoms with E-state index in [-0.39, 0.29) is 21.1 Å². The maximum atomic E-state index is 6.81. The number of hydrogen-bond acceptors (Lipinski definition) is 2. The van der Waals surface area contributed by atoms with Crippen molar-refractivity contribution in [3.05, 3.63) is 94.6 Å². The van der Waals surface area contributed by atoms with Crippen LogP contribution in [0.1, 0.15) is 22.3 Å². The summed E-state index contributed by atoms with van der Waals surface area (Å²) in [7, 11) is 0. The van der Waals surface area contributed by atoms with Gasteiger partial charge in [-0.3, -0.25) is 0 Å². The van der Waals surface area contributed by atoms with E-state index in [0.29, 0.717) is 0 Å². The Morgan fingerprint density at radius 1 is 0.640 bits per heavy atom. The van der Waals surface area contributed by atoms with Crippen LogP contribution in [0, 0.1) is 64.5 Å². The SMILES string of the molecule is [C-]#N.[C-]#N.[C-]#[N+]c1cc(C)ccc1C.[C-]#[N+]c1cc(C)ccc1C.[Pt+2]. The van der Waals surface area contributed by atoms with Gasteiger partial charge < -0.3 is 23.7 Å². The van der Waals surface area contributed by atoms with Crippen molar-refractivity contribution in [3.8, 4) is 0 Å². The van der Waals surface area contributed by atoms with E-state index in [2.05, 4.69) is 9.69 Å². The molecule has 0 saturated heterocycles. The molecule has 0 saturated carbocycles. The summed E-state index contributed by atoms with van der Waals surface area (Å²) in [6, 6.07) is 11.8. The minimum absolute atomic E-state index is 0. The van der Waals surface area contributed by atoms with Gasteiger partial charge in [0.2, 0.25) is 0 Å². The number of aryl methyl sites for hydroxylation is 4. The van der Waals surface area contributed by atoms with Gasteiger partial charge in [0.05, 0.1) is 13.1 Å². The van der Waals surface area contributed by atoms with Gasteiger partial charge in [-0.25, -0.2) is 9.69 Å². The monoisotopic (exact) mass is 509 g/mol. The van der Waals surface area contributed by atoms with Crippen LogP contribution in [0.4, 0.5) is 11.4 Å². The molecule has 0 aliphatic carbocycles. The molecule has 0 bridgehead atoms. The van der Waals surface area contributed by atoms with Crippen molar-refractivity contribution in [2.75, 3.05) is 0 Å². The zero-order chi connectivity index (χ0) is 19.1. The minimum Gasteiger partial charge on any atom is -0.512 e. The Morgan fingerprint density at radius 3 is 1.12 bits per heavy atom. The summed E-state index contributed by atoms with van der Waals surface area (Å²) in [5.41, 5.74) is 5.94. The first-order valence-corrected chi connectivity index (χ1v) is 6.82. The zero-order valence-electron chi connectivity index (χ0n) is 14.6. The van der Waals surface area contributed by atoms with Crippen molar-refractivity contribution >= 4 is 11.4 Å². The molecule has 0 amide bonds. The van der Waals surface area contributed by atoms with Crippen molar-refractivity contribution in [3.63, 3.8) is 0 Å². The Bertz CT molecular complexity index is 710. The molecule has 0 atom stereocenters. The molecule has 5 heteroatoms. The average molecular weight is 509 g/mol. The van der Waals surface area contributed by atoms with E-state index in [0.717, 1.165) is 33.6 Å². The average Bonchev–Trinajstić information content (AvgIpc) is 2.63. The summed E-state index contributed by atoms with van der Waals surface area (Å²) in [4.78, 5) is 6.76. The van der Waals surface area contributed by atoms with Gasteiger partial charge >= 0.3 is 21.1 Å². The van der Waals surface area contributed by atoms with Gasteiger partial charge in [0.15, 0.2) is 11.4 Å². The van der Waals surface area contributed by atoms with Crippen LogP contribution in [0.15, 0.2) is 36.4 Å². The van der Waals surface area contributed by atoms with Gasteiger partial charge in [-0.1, -0.05) is 47.5 Å². The molecule has 25 heavy (non-hydrogen) atoms. The van der Waals surface area contributed by atoms with Crippen molar-refractivity contribution in [1.29, 1.82) is 10.5 Å². The topological polar surface area (TPSA) is 56.3 Å². The van der Waals surface area contributed by atoms with Crippen molar-refractivity contribution in [2.24, 2.45) is 0 Å². The second-order valence-corrected chi connectivity index (χ2v) is 4.80. The summed E-state index contributed by atoms with van der Waals surface area (Å²) in [6.07, 6.45) is 0. The van der Waals surface area contributed by atoms with E-state index in [1.54, 1.807) is 0 Å². The zero-order valence-corrected chi connectivity index (χ0v) is 16.8. The number of nitrogens with zero attached hydrogens (tertiary/aromatic N) is 4. The summed E-state index contributed by atoms with van der Waals surface area (Å²) < 4.78 is 0. The first-order chi connectivity index (χ1) is 11.5. The van der Waals surface area contributed by atoms with Crippen LogP contribution >= 0.6 is 0 Å². The van der Waals surface area contributed by atoms with E-state index < -0.39 is 0 Å². The number of hydrogen-bond donors (Lipinski definition) is 0. The fourth-order valence-corrected chi connectivity index (χ4v) is 1.68. The molecule has 0 radical (unpaired) electrons. The number of benzene rings is 2. The van der Waals surface area contributed by atoms with Crippen LogP contribution in [0.3, 0.4) is 0 Å². The molecule has 0 N–H and O–H groups in total. The standard InChI is InChI=1S/2C9H9N.2CN.Pt/c2*1-7-4-5-8(2)9(6-7)10-3;2*1-2;/h2*4-6H,1-2H3;;;/q;;2*-1;+2. The van der Waals surface area contributed by atoms with Crippen LogP contribution in [0.25, 0.3) is 9.69 Å². The molecule has 128 valence electrons. The van der Waals surface area contributed by atoms with Crippen molar-refractivity contribution < 1.29 is 21.1 Å². The molecule has 0 spiro atoms. The summed E-state index contributed by atoms with van der Waals surface area (Å²) in [6.45, 7) is 31.0. The second-order valence-electron chi connectivity index (χ2n) is 4.80. The van der Waals surface area contributed by atoms with Crippen LogP contribution in [0.2, 0.25) is 0 Å². The first-order valence-electron chi connectivity index (χ1n) is 6.82.